The van der Waals surface area contributed by atoms with Crippen molar-refractivity contribution in [1.29, 1.82) is 0 Å². The number of carbonyl (C=O) groups excluding carboxylic acids is 1. The number of amides is 1. The molecule has 140 valence electrons. The number of carbonyl (C=O) groups is 1. The minimum atomic E-state index is -4.46. The number of rotatable bonds is 7. The Morgan fingerprint density at radius 2 is 1.92 bits per heavy atom. The zero-order valence-corrected chi connectivity index (χ0v) is 14.2. The molecule has 1 N–H and O–H groups in total. The van der Waals surface area contributed by atoms with Crippen LogP contribution in [0.4, 0.5) is 24.5 Å². The first-order valence-electron chi connectivity index (χ1n) is 8.24. The van der Waals surface area contributed by atoms with E-state index in [0.717, 1.165) is 44.5 Å². The van der Waals surface area contributed by atoms with Crippen molar-refractivity contribution >= 4 is 17.3 Å². The van der Waals surface area contributed by atoms with Crippen LogP contribution in [0.1, 0.15) is 24.8 Å². The number of anilines is 2. The third-order valence-corrected chi connectivity index (χ3v) is 3.96. The van der Waals surface area contributed by atoms with E-state index >= 15 is 0 Å². The molecule has 2 rings (SSSR count). The number of halogens is 3. The first-order valence-corrected chi connectivity index (χ1v) is 8.24. The first-order chi connectivity index (χ1) is 11.9. The van der Waals surface area contributed by atoms with E-state index in [-0.39, 0.29) is 18.9 Å². The molecule has 0 aliphatic carbocycles. The molecule has 25 heavy (non-hydrogen) atoms. The zero-order chi connectivity index (χ0) is 18.3. The van der Waals surface area contributed by atoms with Gasteiger partial charge in [-0.05, 0) is 37.5 Å². The SMILES string of the molecule is COCCOCC(=O)Nc1cc(C(F)(F)F)ccc1N1CCCCC1. The molecule has 1 amide bonds. The second kappa shape index (κ2) is 9.05. The Morgan fingerprint density at radius 3 is 2.56 bits per heavy atom. The Labute approximate surface area is 145 Å². The largest absolute Gasteiger partial charge is 0.416 e. The fourth-order valence-corrected chi connectivity index (χ4v) is 2.72. The summed E-state index contributed by atoms with van der Waals surface area (Å²) >= 11 is 0. The minimum Gasteiger partial charge on any atom is -0.382 e. The lowest BCUT2D eigenvalue weighted by Crippen LogP contribution is -2.31. The Morgan fingerprint density at radius 1 is 1.20 bits per heavy atom. The van der Waals surface area contributed by atoms with Crippen LogP contribution in [0.15, 0.2) is 18.2 Å². The van der Waals surface area contributed by atoms with Gasteiger partial charge in [0.25, 0.3) is 0 Å². The lowest BCUT2D eigenvalue weighted by Gasteiger charge is -2.31. The van der Waals surface area contributed by atoms with Crippen LogP contribution in [-0.2, 0) is 20.4 Å². The van der Waals surface area contributed by atoms with Crippen molar-refractivity contribution in [2.24, 2.45) is 0 Å². The molecule has 1 aromatic carbocycles. The zero-order valence-electron chi connectivity index (χ0n) is 14.2. The van der Waals surface area contributed by atoms with Gasteiger partial charge in [-0.2, -0.15) is 13.2 Å². The highest BCUT2D eigenvalue weighted by atomic mass is 19.4. The normalized spacial score (nSPS) is 15.3. The van der Waals surface area contributed by atoms with Crippen LogP contribution < -0.4 is 10.2 Å². The topological polar surface area (TPSA) is 50.8 Å². The van der Waals surface area contributed by atoms with E-state index in [1.807, 2.05) is 4.90 Å². The molecule has 0 aromatic heterocycles. The minimum absolute atomic E-state index is 0.164. The van der Waals surface area contributed by atoms with Gasteiger partial charge in [0.15, 0.2) is 0 Å². The van der Waals surface area contributed by atoms with Crippen LogP contribution in [0.25, 0.3) is 0 Å². The van der Waals surface area contributed by atoms with Gasteiger partial charge in [-0.15, -0.1) is 0 Å². The third kappa shape index (κ3) is 5.89. The molecule has 0 saturated carbocycles. The van der Waals surface area contributed by atoms with Crippen molar-refractivity contribution in [2.45, 2.75) is 25.4 Å². The number of ether oxygens (including phenoxy) is 2. The van der Waals surface area contributed by atoms with E-state index in [9.17, 15) is 18.0 Å². The third-order valence-electron chi connectivity index (χ3n) is 3.96. The smallest absolute Gasteiger partial charge is 0.382 e. The number of nitrogens with one attached hydrogen (secondary N) is 1. The maximum Gasteiger partial charge on any atom is 0.416 e. The highest BCUT2D eigenvalue weighted by molar-refractivity contribution is 5.95. The molecule has 0 unspecified atom stereocenters. The molecule has 8 heteroatoms. The van der Waals surface area contributed by atoms with E-state index in [4.69, 9.17) is 9.47 Å². The Bertz CT molecular complexity index is 573. The molecule has 0 atom stereocenters. The van der Waals surface area contributed by atoms with Gasteiger partial charge in [0, 0.05) is 20.2 Å². The number of piperidine rings is 1. The predicted octanol–water partition coefficient (Wildman–Crippen LogP) is 3.30. The number of benzene rings is 1. The quantitative estimate of drug-likeness (QED) is 0.758. The summed E-state index contributed by atoms with van der Waals surface area (Å²) in [5.41, 5.74) is -0.0149. The van der Waals surface area contributed by atoms with Crippen LogP contribution in [0.2, 0.25) is 0 Å². The van der Waals surface area contributed by atoms with E-state index in [0.29, 0.717) is 12.3 Å². The van der Waals surface area contributed by atoms with Gasteiger partial charge >= 0.3 is 6.18 Å². The Kier molecular flexibility index (Phi) is 7.07. The molecule has 5 nitrogen and oxygen atoms in total. The summed E-state index contributed by atoms with van der Waals surface area (Å²) in [6.07, 6.45) is -1.40. The lowest BCUT2D eigenvalue weighted by molar-refractivity contribution is -0.137. The van der Waals surface area contributed by atoms with Gasteiger partial charge < -0.3 is 19.7 Å². The standard InChI is InChI=1S/C17H23F3N2O3/c1-24-9-10-25-12-16(23)21-14-11-13(17(18,19)20)5-6-15(14)22-7-3-2-4-8-22/h5-6,11H,2-4,7-10,12H2,1H3,(H,21,23). The summed E-state index contributed by atoms with van der Waals surface area (Å²) in [5, 5.41) is 2.55. The molecular formula is C17H23F3N2O3. The average molecular weight is 360 g/mol. The molecule has 1 fully saturated rings. The van der Waals surface area contributed by atoms with Gasteiger partial charge in [-0.1, -0.05) is 0 Å². The Balaban J connectivity index is 2.14. The van der Waals surface area contributed by atoms with Crippen LogP contribution in [0.3, 0.4) is 0 Å². The van der Waals surface area contributed by atoms with Crippen molar-refractivity contribution in [2.75, 3.05) is 50.2 Å². The molecule has 1 heterocycles. The van der Waals surface area contributed by atoms with E-state index in [2.05, 4.69) is 5.32 Å². The number of hydrogen-bond acceptors (Lipinski definition) is 4. The molecule has 1 aromatic rings. The summed E-state index contributed by atoms with van der Waals surface area (Å²) in [7, 11) is 1.51. The van der Waals surface area contributed by atoms with E-state index in [1.165, 1.54) is 13.2 Å². The maximum atomic E-state index is 13.0. The molecule has 1 aliphatic rings. The van der Waals surface area contributed by atoms with Crippen molar-refractivity contribution in [3.05, 3.63) is 23.8 Å². The summed E-state index contributed by atoms with van der Waals surface area (Å²) in [6.45, 7) is 1.87. The predicted molar refractivity (Wildman–Crippen MR) is 88.8 cm³/mol. The van der Waals surface area contributed by atoms with E-state index < -0.39 is 17.6 Å². The molecule has 1 aliphatic heterocycles. The average Bonchev–Trinajstić information content (AvgIpc) is 2.59. The maximum absolute atomic E-state index is 13.0. The molecule has 1 saturated heterocycles. The van der Waals surface area contributed by atoms with E-state index in [1.54, 1.807) is 0 Å². The molecule has 0 radical (unpaired) electrons. The Hall–Kier alpha value is -1.80. The molecule has 0 bridgehead atoms. The second-order valence-electron chi connectivity index (χ2n) is 5.87. The monoisotopic (exact) mass is 360 g/mol. The van der Waals surface area contributed by atoms with Crippen molar-refractivity contribution in [3.63, 3.8) is 0 Å². The fourth-order valence-electron chi connectivity index (χ4n) is 2.72. The van der Waals surface area contributed by atoms with Gasteiger partial charge in [0.2, 0.25) is 5.91 Å². The first kappa shape index (κ1) is 19.5. The van der Waals surface area contributed by atoms with Crippen molar-refractivity contribution in [3.8, 4) is 0 Å². The number of methoxy groups -OCH3 is 1. The summed E-state index contributed by atoms with van der Waals surface area (Å²) in [6, 6.07) is 3.46. The van der Waals surface area contributed by atoms with Crippen LogP contribution in [0, 0.1) is 0 Å². The van der Waals surface area contributed by atoms with Crippen LogP contribution >= 0.6 is 0 Å². The molecule has 0 spiro atoms. The van der Waals surface area contributed by atoms with Crippen LogP contribution in [0.5, 0.6) is 0 Å². The number of alkyl halides is 3. The van der Waals surface area contributed by atoms with Gasteiger partial charge in [0.1, 0.15) is 6.61 Å². The second-order valence-corrected chi connectivity index (χ2v) is 5.87. The van der Waals surface area contributed by atoms with Crippen LogP contribution in [-0.4, -0.2) is 45.9 Å². The summed E-state index contributed by atoms with van der Waals surface area (Å²) in [5.74, 6) is -0.492. The number of hydrogen-bond donors (Lipinski definition) is 1. The summed E-state index contributed by atoms with van der Waals surface area (Å²) in [4.78, 5) is 14.0. The highest BCUT2D eigenvalue weighted by Gasteiger charge is 2.31. The lowest BCUT2D eigenvalue weighted by atomic mass is 10.1. The van der Waals surface area contributed by atoms with Gasteiger partial charge in [0.05, 0.1) is 30.2 Å². The van der Waals surface area contributed by atoms with Gasteiger partial charge in [-0.25, -0.2) is 0 Å². The van der Waals surface area contributed by atoms with Crippen molar-refractivity contribution in [1.82, 2.24) is 0 Å². The van der Waals surface area contributed by atoms with Gasteiger partial charge in [-0.3, -0.25) is 4.79 Å². The number of nitrogens with zero attached hydrogens (tertiary/aromatic N) is 1. The highest BCUT2D eigenvalue weighted by Crippen LogP contribution is 2.36. The summed E-state index contributed by atoms with van der Waals surface area (Å²) < 4.78 is 48.9. The fraction of sp³-hybridized carbons (Fsp3) is 0.588. The van der Waals surface area contributed by atoms with Crippen molar-refractivity contribution < 1.29 is 27.4 Å². The molecular weight excluding hydrogens is 337 g/mol.